The molecule has 1 aliphatic heterocycles. The predicted molar refractivity (Wildman–Crippen MR) is 90.0 cm³/mol. The van der Waals surface area contributed by atoms with Crippen LogP contribution in [0.2, 0.25) is 10.0 Å². The highest BCUT2D eigenvalue weighted by Crippen LogP contribution is 2.42. The highest BCUT2D eigenvalue weighted by Gasteiger charge is 2.35. The summed E-state index contributed by atoms with van der Waals surface area (Å²) in [6.07, 6.45) is 3.02. The summed E-state index contributed by atoms with van der Waals surface area (Å²) in [4.78, 5) is 12.5. The van der Waals surface area contributed by atoms with Crippen molar-refractivity contribution in [1.29, 1.82) is 0 Å². The summed E-state index contributed by atoms with van der Waals surface area (Å²) in [7, 11) is 0. The van der Waals surface area contributed by atoms with E-state index in [0.29, 0.717) is 34.9 Å². The molecule has 0 saturated heterocycles. The molecule has 0 spiro atoms. The molecule has 3 atom stereocenters. The fourth-order valence-electron chi connectivity index (χ4n) is 3.29. The third kappa shape index (κ3) is 3.16. The van der Waals surface area contributed by atoms with Crippen LogP contribution in [0.25, 0.3) is 0 Å². The van der Waals surface area contributed by atoms with Gasteiger partial charge in [0, 0.05) is 11.5 Å². The van der Waals surface area contributed by atoms with Crippen LogP contribution in [0, 0.1) is 11.8 Å². The van der Waals surface area contributed by atoms with Gasteiger partial charge in [-0.15, -0.1) is 12.4 Å². The summed E-state index contributed by atoms with van der Waals surface area (Å²) >= 11 is 12.1. The van der Waals surface area contributed by atoms with E-state index in [1.54, 1.807) is 6.07 Å². The monoisotopic (exact) mass is 364 g/mol. The van der Waals surface area contributed by atoms with Gasteiger partial charge in [0.1, 0.15) is 17.4 Å². The quantitative estimate of drug-likeness (QED) is 0.863. The molecule has 1 aliphatic carbocycles. The van der Waals surface area contributed by atoms with Crippen LogP contribution in [0.5, 0.6) is 5.75 Å². The summed E-state index contributed by atoms with van der Waals surface area (Å²) in [5, 5.41) is 3.94. The molecule has 2 aliphatic rings. The van der Waals surface area contributed by atoms with Gasteiger partial charge in [0.15, 0.2) is 0 Å². The number of hydrogen-bond donors (Lipinski definition) is 2. The van der Waals surface area contributed by atoms with E-state index in [-0.39, 0.29) is 30.3 Å². The minimum absolute atomic E-state index is 0. The Morgan fingerprint density at radius 1 is 1.36 bits per heavy atom. The SMILES string of the molecule is Cl.NC[C@H]1CCC[C@H]1C(=O)NC1COc2c1ccc(Cl)c2Cl. The molecular formula is C15H19Cl3N2O2. The van der Waals surface area contributed by atoms with E-state index in [9.17, 15) is 4.79 Å². The lowest BCUT2D eigenvalue weighted by molar-refractivity contribution is -0.126. The largest absolute Gasteiger partial charge is 0.489 e. The van der Waals surface area contributed by atoms with Crippen molar-refractivity contribution >= 4 is 41.5 Å². The Kier molecular flexibility index (Phi) is 5.83. The molecule has 1 amide bonds. The van der Waals surface area contributed by atoms with Gasteiger partial charge in [-0.2, -0.15) is 0 Å². The minimum Gasteiger partial charge on any atom is -0.489 e. The first-order chi connectivity index (χ1) is 10.1. The number of hydrogen-bond acceptors (Lipinski definition) is 3. The number of rotatable bonds is 3. The maximum atomic E-state index is 12.5. The van der Waals surface area contributed by atoms with Crippen LogP contribution in [0.3, 0.4) is 0 Å². The van der Waals surface area contributed by atoms with Crippen molar-refractivity contribution in [2.75, 3.05) is 13.2 Å². The summed E-state index contributed by atoms with van der Waals surface area (Å²) in [5.74, 6) is 0.953. The highest BCUT2D eigenvalue weighted by molar-refractivity contribution is 6.43. The van der Waals surface area contributed by atoms with Gasteiger partial charge in [-0.05, 0) is 31.4 Å². The maximum absolute atomic E-state index is 12.5. The van der Waals surface area contributed by atoms with Crippen LogP contribution < -0.4 is 15.8 Å². The number of carbonyl (C=O) groups excluding carboxylic acids is 1. The lowest BCUT2D eigenvalue weighted by Gasteiger charge is -2.20. The molecule has 1 unspecified atom stereocenters. The predicted octanol–water partition coefficient (Wildman–Crippen LogP) is 3.34. The smallest absolute Gasteiger partial charge is 0.224 e. The third-order valence-electron chi connectivity index (χ3n) is 4.47. The van der Waals surface area contributed by atoms with Gasteiger partial charge < -0.3 is 15.8 Å². The molecule has 122 valence electrons. The van der Waals surface area contributed by atoms with E-state index in [0.717, 1.165) is 24.8 Å². The lowest BCUT2D eigenvalue weighted by atomic mass is 9.94. The topological polar surface area (TPSA) is 64.4 Å². The highest BCUT2D eigenvalue weighted by atomic mass is 35.5. The van der Waals surface area contributed by atoms with Crippen LogP contribution >= 0.6 is 35.6 Å². The van der Waals surface area contributed by atoms with Gasteiger partial charge in [-0.3, -0.25) is 4.79 Å². The lowest BCUT2D eigenvalue weighted by Crippen LogP contribution is -2.37. The van der Waals surface area contributed by atoms with Gasteiger partial charge in [-0.1, -0.05) is 35.7 Å². The first-order valence-corrected chi connectivity index (χ1v) is 7.98. The second-order valence-corrected chi connectivity index (χ2v) is 6.47. The summed E-state index contributed by atoms with van der Waals surface area (Å²) in [5.41, 5.74) is 6.64. The Morgan fingerprint density at radius 2 is 2.14 bits per heavy atom. The van der Waals surface area contributed by atoms with Crippen molar-refractivity contribution in [2.24, 2.45) is 17.6 Å². The molecule has 0 aromatic heterocycles. The number of nitrogens with one attached hydrogen (secondary N) is 1. The first kappa shape index (κ1) is 17.7. The van der Waals surface area contributed by atoms with Gasteiger partial charge >= 0.3 is 0 Å². The van der Waals surface area contributed by atoms with Gasteiger partial charge in [-0.25, -0.2) is 0 Å². The number of ether oxygens (including phenoxy) is 1. The average Bonchev–Trinajstić information content (AvgIpc) is 3.10. The Morgan fingerprint density at radius 3 is 2.86 bits per heavy atom. The van der Waals surface area contributed by atoms with Gasteiger partial charge in [0.25, 0.3) is 0 Å². The zero-order chi connectivity index (χ0) is 15.0. The number of amides is 1. The molecule has 7 heteroatoms. The Hall–Kier alpha value is -0.680. The summed E-state index contributed by atoms with van der Waals surface area (Å²) in [6.45, 7) is 0.957. The standard InChI is InChI=1S/C15H18Cl2N2O2.ClH/c16-11-5-4-10-12(7-21-14(10)13(11)17)19-15(20)9-3-1-2-8(9)6-18;/h4-5,8-9,12H,1-3,6-7,18H2,(H,19,20);1H/t8-,9-,12?;/m1./s1. The van der Waals surface area contributed by atoms with Crippen molar-refractivity contribution in [3.63, 3.8) is 0 Å². The number of nitrogens with two attached hydrogens (primary N) is 1. The molecule has 22 heavy (non-hydrogen) atoms. The molecular weight excluding hydrogens is 347 g/mol. The molecule has 1 heterocycles. The molecule has 1 aromatic rings. The zero-order valence-electron chi connectivity index (χ0n) is 12.0. The fraction of sp³-hybridized carbons (Fsp3) is 0.533. The molecule has 3 rings (SSSR count). The molecule has 1 fully saturated rings. The second-order valence-electron chi connectivity index (χ2n) is 5.69. The van der Waals surface area contributed by atoms with Crippen LogP contribution in [0.1, 0.15) is 30.9 Å². The van der Waals surface area contributed by atoms with Crippen molar-refractivity contribution in [3.05, 3.63) is 27.7 Å². The van der Waals surface area contributed by atoms with Crippen LogP contribution in [-0.2, 0) is 4.79 Å². The summed E-state index contributed by atoms with van der Waals surface area (Å²) < 4.78 is 5.58. The first-order valence-electron chi connectivity index (χ1n) is 7.23. The average molecular weight is 366 g/mol. The molecule has 1 saturated carbocycles. The Bertz CT molecular complexity index is 568. The van der Waals surface area contributed by atoms with Gasteiger partial charge in [0.2, 0.25) is 5.91 Å². The number of halogens is 3. The fourth-order valence-corrected chi connectivity index (χ4v) is 3.66. The van der Waals surface area contributed by atoms with Gasteiger partial charge in [0.05, 0.1) is 11.1 Å². The number of carbonyl (C=O) groups is 1. The van der Waals surface area contributed by atoms with E-state index in [4.69, 9.17) is 33.7 Å². The van der Waals surface area contributed by atoms with Crippen LogP contribution in [0.15, 0.2) is 12.1 Å². The molecule has 4 nitrogen and oxygen atoms in total. The number of fused-ring (bicyclic) bond motifs is 1. The summed E-state index contributed by atoms with van der Waals surface area (Å²) in [6, 6.07) is 3.42. The van der Waals surface area contributed by atoms with E-state index in [1.165, 1.54) is 0 Å². The van der Waals surface area contributed by atoms with E-state index >= 15 is 0 Å². The second kappa shape index (κ2) is 7.26. The van der Waals surface area contributed by atoms with Crippen molar-refractivity contribution in [3.8, 4) is 5.75 Å². The van der Waals surface area contributed by atoms with Crippen molar-refractivity contribution in [1.82, 2.24) is 5.32 Å². The van der Waals surface area contributed by atoms with E-state index in [1.807, 2.05) is 6.07 Å². The van der Waals surface area contributed by atoms with Crippen molar-refractivity contribution < 1.29 is 9.53 Å². The van der Waals surface area contributed by atoms with E-state index < -0.39 is 0 Å². The number of benzene rings is 1. The molecule has 0 radical (unpaired) electrons. The normalized spacial score (nSPS) is 26.0. The minimum atomic E-state index is -0.165. The molecule has 3 N–H and O–H groups in total. The van der Waals surface area contributed by atoms with Crippen LogP contribution in [0.4, 0.5) is 0 Å². The zero-order valence-corrected chi connectivity index (χ0v) is 14.3. The van der Waals surface area contributed by atoms with Crippen molar-refractivity contribution in [2.45, 2.75) is 25.3 Å². The van der Waals surface area contributed by atoms with Crippen LogP contribution in [-0.4, -0.2) is 19.1 Å². The maximum Gasteiger partial charge on any atom is 0.224 e. The Labute approximate surface area is 146 Å². The Balaban J connectivity index is 0.00000176. The van der Waals surface area contributed by atoms with E-state index in [2.05, 4.69) is 5.32 Å². The third-order valence-corrected chi connectivity index (χ3v) is 5.25. The molecule has 1 aromatic carbocycles. The molecule has 0 bridgehead atoms.